The third kappa shape index (κ3) is 4.81. The van der Waals surface area contributed by atoms with Crippen molar-refractivity contribution in [2.75, 3.05) is 5.32 Å². The highest BCUT2D eigenvalue weighted by Gasteiger charge is 2.22. The van der Waals surface area contributed by atoms with Gasteiger partial charge < -0.3 is 5.32 Å². The third-order valence-corrected chi connectivity index (χ3v) is 5.41. The van der Waals surface area contributed by atoms with Crippen LogP contribution in [-0.4, -0.2) is 34.6 Å². The van der Waals surface area contributed by atoms with Crippen LogP contribution >= 0.6 is 0 Å². The Morgan fingerprint density at radius 1 is 1.07 bits per heavy atom. The number of carbonyl (C=O) groups is 1. The normalized spacial score (nSPS) is 12.0. The SMILES string of the molecule is CC(C)(C)NS(=O)(=O)c1cccc(NC(=O)c2ccc(-n3cncn3)cc2)c1. The molecular weight excluding hydrogens is 378 g/mol. The van der Waals surface area contributed by atoms with Crippen LogP contribution < -0.4 is 10.0 Å². The number of nitrogens with zero attached hydrogens (tertiary/aromatic N) is 3. The average molecular weight is 399 g/mol. The van der Waals surface area contributed by atoms with Crippen LogP contribution in [0.25, 0.3) is 5.69 Å². The second-order valence-corrected chi connectivity index (χ2v) is 8.91. The van der Waals surface area contributed by atoms with E-state index in [0.29, 0.717) is 11.3 Å². The van der Waals surface area contributed by atoms with E-state index in [1.165, 1.54) is 18.5 Å². The van der Waals surface area contributed by atoms with E-state index in [9.17, 15) is 13.2 Å². The molecule has 146 valence electrons. The van der Waals surface area contributed by atoms with E-state index in [-0.39, 0.29) is 10.8 Å². The summed E-state index contributed by atoms with van der Waals surface area (Å²) in [5, 5.41) is 6.75. The van der Waals surface area contributed by atoms with Crippen molar-refractivity contribution in [2.24, 2.45) is 0 Å². The number of hydrogen-bond acceptors (Lipinski definition) is 5. The van der Waals surface area contributed by atoms with Crippen LogP contribution in [0.5, 0.6) is 0 Å². The monoisotopic (exact) mass is 399 g/mol. The van der Waals surface area contributed by atoms with Gasteiger partial charge in [0.15, 0.2) is 0 Å². The minimum Gasteiger partial charge on any atom is -0.322 e. The van der Waals surface area contributed by atoms with Crippen LogP contribution in [0, 0.1) is 0 Å². The molecule has 0 radical (unpaired) electrons. The van der Waals surface area contributed by atoms with Crippen LogP contribution in [0.4, 0.5) is 5.69 Å². The van der Waals surface area contributed by atoms with Gasteiger partial charge in [0.1, 0.15) is 12.7 Å². The van der Waals surface area contributed by atoms with Crippen LogP contribution in [0.1, 0.15) is 31.1 Å². The van der Waals surface area contributed by atoms with Gasteiger partial charge in [-0.15, -0.1) is 0 Å². The Balaban J connectivity index is 1.76. The van der Waals surface area contributed by atoms with Gasteiger partial charge in [-0.2, -0.15) is 5.10 Å². The Morgan fingerprint density at radius 2 is 1.79 bits per heavy atom. The van der Waals surface area contributed by atoms with E-state index < -0.39 is 15.6 Å². The molecule has 0 aliphatic rings. The fourth-order valence-electron chi connectivity index (χ4n) is 2.51. The fraction of sp³-hybridized carbons (Fsp3) is 0.211. The van der Waals surface area contributed by atoms with Crippen LogP contribution in [0.3, 0.4) is 0 Å². The first-order chi connectivity index (χ1) is 13.1. The molecule has 2 N–H and O–H groups in total. The molecule has 0 aliphatic carbocycles. The molecule has 0 fully saturated rings. The van der Waals surface area contributed by atoms with Crippen LogP contribution in [0.2, 0.25) is 0 Å². The number of anilines is 1. The molecule has 1 amide bonds. The molecule has 3 rings (SSSR count). The maximum atomic E-state index is 12.5. The first kappa shape index (κ1) is 19.7. The van der Waals surface area contributed by atoms with Crippen molar-refractivity contribution in [3.05, 3.63) is 66.7 Å². The summed E-state index contributed by atoms with van der Waals surface area (Å²) in [6.45, 7) is 5.29. The lowest BCUT2D eigenvalue weighted by Gasteiger charge is -2.20. The zero-order chi connectivity index (χ0) is 20.4. The average Bonchev–Trinajstić information content (AvgIpc) is 3.15. The number of aromatic nitrogens is 3. The molecule has 8 nitrogen and oxygen atoms in total. The number of sulfonamides is 1. The van der Waals surface area contributed by atoms with Crippen molar-refractivity contribution in [1.82, 2.24) is 19.5 Å². The summed E-state index contributed by atoms with van der Waals surface area (Å²) in [6.07, 6.45) is 2.99. The zero-order valence-corrected chi connectivity index (χ0v) is 16.6. The first-order valence-electron chi connectivity index (χ1n) is 8.54. The smallest absolute Gasteiger partial charge is 0.255 e. The van der Waals surface area contributed by atoms with Gasteiger partial charge in [-0.05, 0) is 63.2 Å². The molecular formula is C19H21N5O3S. The van der Waals surface area contributed by atoms with Crippen molar-refractivity contribution >= 4 is 21.6 Å². The Kier molecular flexibility index (Phi) is 5.30. The molecule has 1 aromatic heterocycles. The number of rotatable bonds is 5. The van der Waals surface area contributed by atoms with E-state index in [2.05, 4.69) is 20.1 Å². The summed E-state index contributed by atoms with van der Waals surface area (Å²) in [7, 11) is -3.69. The highest BCUT2D eigenvalue weighted by Crippen LogP contribution is 2.18. The summed E-state index contributed by atoms with van der Waals surface area (Å²) in [5.74, 6) is -0.344. The second-order valence-electron chi connectivity index (χ2n) is 7.22. The third-order valence-electron chi connectivity index (χ3n) is 3.66. The maximum Gasteiger partial charge on any atom is 0.255 e. The molecule has 9 heteroatoms. The summed E-state index contributed by atoms with van der Waals surface area (Å²) < 4.78 is 29.1. The molecule has 0 saturated heterocycles. The van der Waals surface area contributed by atoms with Crippen molar-refractivity contribution in [1.29, 1.82) is 0 Å². The standard InChI is InChI=1S/C19H21N5O3S/c1-19(2,3)23-28(26,27)17-6-4-5-15(11-17)22-18(25)14-7-9-16(10-8-14)24-13-20-12-21-24/h4-13,23H,1-3H3,(H,22,25). The molecule has 0 bridgehead atoms. The zero-order valence-electron chi connectivity index (χ0n) is 15.7. The second kappa shape index (κ2) is 7.53. The summed E-state index contributed by atoms with van der Waals surface area (Å²) in [4.78, 5) is 16.5. The highest BCUT2D eigenvalue weighted by atomic mass is 32.2. The molecule has 0 unspecified atom stereocenters. The van der Waals surface area contributed by atoms with Gasteiger partial charge in [0.05, 0.1) is 10.6 Å². The number of hydrogen-bond donors (Lipinski definition) is 2. The van der Waals surface area contributed by atoms with Gasteiger partial charge in [0.25, 0.3) is 5.91 Å². The molecule has 0 atom stereocenters. The lowest BCUT2D eigenvalue weighted by molar-refractivity contribution is 0.102. The van der Waals surface area contributed by atoms with Crippen molar-refractivity contribution in [2.45, 2.75) is 31.2 Å². The summed E-state index contributed by atoms with van der Waals surface area (Å²) in [6, 6.07) is 12.9. The van der Waals surface area contributed by atoms with Gasteiger partial charge in [-0.25, -0.2) is 22.8 Å². The lowest BCUT2D eigenvalue weighted by Crippen LogP contribution is -2.40. The van der Waals surface area contributed by atoms with E-state index in [4.69, 9.17) is 0 Å². The van der Waals surface area contributed by atoms with Crippen molar-refractivity contribution < 1.29 is 13.2 Å². The van der Waals surface area contributed by atoms with Crippen LogP contribution in [-0.2, 0) is 10.0 Å². The number of carbonyl (C=O) groups excluding carboxylic acids is 1. The van der Waals surface area contributed by atoms with Gasteiger partial charge >= 0.3 is 0 Å². The molecule has 1 heterocycles. The lowest BCUT2D eigenvalue weighted by atomic mass is 10.1. The van der Waals surface area contributed by atoms with Gasteiger partial charge in [-0.1, -0.05) is 6.07 Å². The highest BCUT2D eigenvalue weighted by molar-refractivity contribution is 7.89. The Morgan fingerprint density at radius 3 is 2.39 bits per heavy atom. The Bertz CT molecular complexity index is 1070. The summed E-state index contributed by atoms with van der Waals surface area (Å²) >= 11 is 0. The van der Waals surface area contributed by atoms with E-state index >= 15 is 0 Å². The van der Waals surface area contributed by atoms with Crippen molar-refractivity contribution in [3.63, 3.8) is 0 Å². The maximum absolute atomic E-state index is 12.5. The van der Waals surface area contributed by atoms with E-state index in [0.717, 1.165) is 5.69 Å². The van der Waals surface area contributed by atoms with Gasteiger partial charge in [0, 0.05) is 16.8 Å². The minimum atomic E-state index is -3.69. The van der Waals surface area contributed by atoms with Gasteiger partial charge in [-0.3, -0.25) is 4.79 Å². The number of benzene rings is 2. The van der Waals surface area contributed by atoms with Crippen molar-refractivity contribution in [3.8, 4) is 5.69 Å². The quantitative estimate of drug-likeness (QED) is 0.686. The van der Waals surface area contributed by atoms with Crippen LogP contribution in [0.15, 0.2) is 66.1 Å². The largest absolute Gasteiger partial charge is 0.322 e. The Hall–Kier alpha value is -3.04. The first-order valence-corrected chi connectivity index (χ1v) is 10.0. The molecule has 3 aromatic rings. The predicted molar refractivity (Wildman–Crippen MR) is 106 cm³/mol. The fourth-order valence-corrected chi connectivity index (χ4v) is 3.98. The number of amides is 1. The molecule has 0 aliphatic heterocycles. The molecule has 2 aromatic carbocycles. The van der Waals surface area contributed by atoms with E-state index in [1.54, 1.807) is 68.2 Å². The predicted octanol–water partition coefficient (Wildman–Crippen LogP) is 2.60. The molecule has 0 spiro atoms. The summed E-state index contributed by atoms with van der Waals surface area (Å²) in [5.41, 5.74) is 0.992. The molecule has 0 saturated carbocycles. The Labute approximate surface area is 163 Å². The van der Waals surface area contributed by atoms with E-state index in [1.807, 2.05) is 0 Å². The van der Waals surface area contributed by atoms with Gasteiger partial charge in [0.2, 0.25) is 10.0 Å². The topological polar surface area (TPSA) is 106 Å². The number of nitrogens with one attached hydrogen (secondary N) is 2. The minimum absolute atomic E-state index is 0.0850. The molecule has 28 heavy (non-hydrogen) atoms.